The van der Waals surface area contributed by atoms with Crippen molar-refractivity contribution in [2.75, 3.05) is 13.2 Å². The summed E-state index contributed by atoms with van der Waals surface area (Å²) in [7, 11) is -4.78. The highest BCUT2D eigenvalue weighted by Gasteiger charge is 2.36. The second-order valence-corrected chi connectivity index (χ2v) is 14.1. The molecule has 0 saturated carbocycles. The Morgan fingerprint density at radius 2 is 1.14 bits per heavy atom. The monoisotopic (exact) mass is 734 g/mol. The van der Waals surface area contributed by atoms with Gasteiger partial charge in [-0.25, -0.2) is 4.57 Å². The summed E-state index contributed by atoms with van der Waals surface area (Å²) >= 11 is 0. The van der Waals surface area contributed by atoms with Crippen LogP contribution in [0.5, 0.6) is 0 Å². The summed E-state index contributed by atoms with van der Waals surface area (Å²) in [5.41, 5.74) is 0. The molecule has 51 heavy (non-hydrogen) atoms. The molecule has 0 radical (unpaired) electrons. The molecule has 0 amide bonds. The van der Waals surface area contributed by atoms with Crippen molar-refractivity contribution >= 4 is 19.8 Å². The molecule has 1 aliphatic rings. The maximum Gasteiger partial charge on any atom is 0.469 e. The molecule has 0 bridgehead atoms. The Morgan fingerprint density at radius 1 is 0.627 bits per heavy atom. The Hall–Kier alpha value is -2.55. The molecule has 10 heteroatoms. The first-order valence-corrected chi connectivity index (χ1v) is 20.9. The van der Waals surface area contributed by atoms with Crippen LogP contribution in [-0.4, -0.2) is 53.3 Å². The van der Waals surface area contributed by atoms with E-state index in [0.717, 1.165) is 77.0 Å². The fourth-order valence-corrected chi connectivity index (χ4v) is 5.49. The molecule has 2 N–H and O–H groups in total. The van der Waals surface area contributed by atoms with Gasteiger partial charge in [-0.2, -0.15) is 0 Å². The third-order valence-corrected chi connectivity index (χ3v) is 8.60. The van der Waals surface area contributed by atoms with Crippen LogP contribution in [0.3, 0.4) is 0 Å². The lowest BCUT2D eigenvalue weighted by Crippen LogP contribution is -2.29. The van der Waals surface area contributed by atoms with Gasteiger partial charge in [0.15, 0.2) is 6.10 Å². The number of hydrogen-bond donors (Lipinski definition) is 2. The molecule has 1 rings (SSSR count). The van der Waals surface area contributed by atoms with Crippen LogP contribution in [0.4, 0.5) is 0 Å². The van der Waals surface area contributed by atoms with Crippen molar-refractivity contribution in [1.29, 1.82) is 0 Å². The Morgan fingerprint density at radius 3 is 1.78 bits per heavy atom. The third-order valence-electron chi connectivity index (χ3n) is 8.11. The number of ether oxygens (including phenoxy) is 3. The maximum atomic E-state index is 12.4. The second kappa shape index (κ2) is 32.1. The Labute approximate surface area is 308 Å². The smallest absolute Gasteiger partial charge is 0.462 e. The van der Waals surface area contributed by atoms with Gasteiger partial charge in [0.1, 0.15) is 6.61 Å². The summed E-state index contributed by atoms with van der Waals surface area (Å²) in [6, 6.07) is 0. The fraction of sp³-hybridized carbons (Fsp3) is 0.659. The van der Waals surface area contributed by atoms with Gasteiger partial charge >= 0.3 is 19.8 Å². The molecule has 0 aliphatic carbocycles. The van der Waals surface area contributed by atoms with Gasteiger partial charge in [-0.15, -0.1) is 0 Å². The second-order valence-electron chi connectivity index (χ2n) is 12.9. The summed E-state index contributed by atoms with van der Waals surface area (Å²) in [4.78, 5) is 42.8. The van der Waals surface area contributed by atoms with E-state index in [1.165, 1.54) is 19.3 Å². The van der Waals surface area contributed by atoms with Gasteiger partial charge < -0.3 is 24.0 Å². The van der Waals surface area contributed by atoms with E-state index in [1.54, 1.807) is 0 Å². The summed E-state index contributed by atoms with van der Waals surface area (Å²) in [5.74, 6) is -0.984. The number of carbonyl (C=O) groups excluding carboxylic acids is 2. The van der Waals surface area contributed by atoms with Gasteiger partial charge in [0.05, 0.1) is 18.8 Å². The largest absolute Gasteiger partial charge is 0.469 e. The number of carbonyl (C=O) groups is 2. The van der Waals surface area contributed by atoms with E-state index in [-0.39, 0.29) is 19.4 Å². The van der Waals surface area contributed by atoms with Crippen LogP contribution in [0.2, 0.25) is 0 Å². The molecule has 3 atom stereocenters. The molecule has 0 aromatic carbocycles. The zero-order valence-corrected chi connectivity index (χ0v) is 32.3. The molecule has 1 fully saturated rings. The van der Waals surface area contributed by atoms with Crippen LogP contribution in [-0.2, 0) is 32.9 Å². The molecule has 0 spiro atoms. The van der Waals surface area contributed by atoms with Gasteiger partial charge in [0, 0.05) is 12.8 Å². The molecule has 0 aromatic heterocycles. The predicted molar refractivity (Wildman–Crippen MR) is 206 cm³/mol. The topological polar surface area (TPSA) is 132 Å². The Bertz CT molecular complexity index is 1120. The lowest BCUT2D eigenvalue weighted by molar-refractivity contribution is -0.161. The van der Waals surface area contributed by atoms with Crippen molar-refractivity contribution in [3.05, 3.63) is 72.9 Å². The number of allylic oxidation sites excluding steroid dienone is 10. The van der Waals surface area contributed by atoms with Crippen molar-refractivity contribution in [3.63, 3.8) is 0 Å². The summed E-state index contributed by atoms with van der Waals surface area (Å²) in [6.07, 6.45) is 43.7. The lowest BCUT2D eigenvalue weighted by Gasteiger charge is -2.18. The van der Waals surface area contributed by atoms with Gasteiger partial charge in [-0.1, -0.05) is 119 Å². The number of phosphoric ester groups is 1. The molecule has 0 aromatic rings. The molecular weight excluding hydrogens is 667 g/mol. The lowest BCUT2D eigenvalue weighted by atomic mass is 10.1. The van der Waals surface area contributed by atoms with Gasteiger partial charge in [0.2, 0.25) is 0 Å². The van der Waals surface area contributed by atoms with Crippen LogP contribution in [0, 0.1) is 0 Å². The van der Waals surface area contributed by atoms with Crippen LogP contribution in [0.25, 0.3) is 0 Å². The summed E-state index contributed by atoms with van der Waals surface area (Å²) < 4.78 is 32.0. The number of esters is 2. The minimum atomic E-state index is -4.78. The SMILES string of the molecule is CC/C=C\C/C=C\C/C=C\CCCCCCCC(=O)O[C@H](COC(=O)CCC/C=C\C/C=C\CC1OC1C/C=C\CCCCC)COP(=O)(O)O. The highest BCUT2D eigenvalue weighted by atomic mass is 31.2. The summed E-state index contributed by atoms with van der Waals surface area (Å²) in [6.45, 7) is 3.45. The summed E-state index contributed by atoms with van der Waals surface area (Å²) in [5, 5.41) is 0. The van der Waals surface area contributed by atoms with E-state index >= 15 is 0 Å². The van der Waals surface area contributed by atoms with E-state index in [4.69, 9.17) is 24.0 Å². The van der Waals surface area contributed by atoms with E-state index in [0.29, 0.717) is 31.5 Å². The minimum absolute atomic E-state index is 0.174. The van der Waals surface area contributed by atoms with Crippen molar-refractivity contribution < 1.29 is 42.7 Å². The molecule has 2 unspecified atom stereocenters. The van der Waals surface area contributed by atoms with Crippen molar-refractivity contribution in [3.8, 4) is 0 Å². The Kier molecular flexibility index (Phi) is 29.3. The van der Waals surface area contributed by atoms with Crippen LogP contribution in [0.1, 0.15) is 142 Å². The van der Waals surface area contributed by atoms with Gasteiger partial charge in [-0.3, -0.25) is 14.1 Å². The zero-order valence-electron chi connectivity index (χ0n) is 31.4. The molecule has 1 saturated heterocycles. The first-order valence-electron chi connectivity index (χ1n) is 19.4. The number of rotatable bonds is 33. The molecule has 1 heterocycles. The molecular formula is C41H67O9P. The molecule has 290 valence electrons. The highest BCUT2D eigenvalue weighted by Crippen LogP contribution is 2.36. The fourth-order valence-electron chi connectivity index (χ4n) is 5.13. The molecule has 1 aliphatic heterocycles. The van der Waals surface area contributed by atoms with E-state index in [2.05, 4.69) is 85.2 Å². The van der Waals surface area contributed by atoms with Crippen LogP contribution in [0.15, 0.2) is 72.9 Å². The minimum Gasteiger partial charge on any atom is -0.462 e. The normalized spacial score (nSPS) is 17.3. The molecule has 9 nitrogen and oxygen atoms in total. The van der Waals surface area contributed by atoms with Crippen LogP contribution < -0.4 is 0 Å². The highest BCUT2D eigenvalue weighted by molar-refractivity contribution is 7.46. The zero-order chi connectivity index (χ0) is 37.3. The van der Waals surface area contributed by atoms with E-state index in [1.807, 2.05) is 6.08 Å². The Balaban J connectivity index is 2.15. The maximum absolute atomic E-state index is 12.4. The number of hydrogen-bond acceptors (Lipinski definition) is 7. The average molecular weight is 735 g/mol. The quantitative estimate of drug-likeness (QED) is 0.0222. The van der Waals surface area contributed by atoms with E-state index < -0.39 is 32.5 Å². The standard InChI is InChI=1S/C41H67O9P/c1-3-5-7-9-11-12-13-14-15-16-17-18-21-26-30-34-41(43)49-37(36-48-51(44,45)46)35-47-40(42)33-29-25-22-19-20-24-28-32-39-38(50-39)31-27-23-10-8-6-4-2/h5,7,11-12,14-15,19,22-24,27-28,37-39H,3-4,6,8-10,13,16-18,20-21,25-26,29-36H2,1-2H3,(H2,44,45,46)/b7-5-,12-11-,15-14-,22-19-,27-23-,28-24-/t37-,38?,39?/m1/s1. The predicted octanol–water partition coefficient (Wildman–Crippen LogP) is 10.5. The van der Waals surface area contributed by atoms with Crippen LogP contribution >= 0.6 is 7.82 Å². The number of epoxide rings is 1. The third kappa shape index (κ3) is 31.9. The van der Waals surface area contributed by atoms with Gasteiger partial charge in [-0.05, 0) is 83.5 Å². The van der Waals surface area contributed by atoms with Gasteiger partial charge in [0.25, 0.3) is 0 Å². The number of phosphoric acid groups is 1. The van der Waals surface area contributed by atoms with E-state index in [9.17, 15) is 14.2 Å². The first kappa shape index (κ1) is 46.5. The number of unbranched alkanes of at least 4 members (excludes halogenated alkanes) is 9. The van der Waals surface area contributed by atoms with Crippen molar-refractivity contribution in [2.45, 2.75) is 161 Å². The van der Waals surface area contributed by atoms with Crippen molar-refractivity contribution in [1.82, 2.24) is 0 Å². The van der Waals surface area contributed by atoms with Crippen molar-refractivity contribution in [2.24, 2.45) is 0 Å². The average Bonchev–Trinajstić information content (AvgIpc) is 3.85. The first-order chi connectivity index (χ1) is 24.7.